The fourth-order valence-electron chi connectivity index (χ4n) is 5.62. The molecule has 0 saturated heterocycles. The van der Waals surface area contributed by atoms with E-state index in [0.717, 1.165) is 35.8 Å². The Morgan fingerprint density at radius 2 is 1.52 bits per heavy atom. The van der Waals surface area contributed by atoms with Crippen molar-refractivity contribution < 1.29 is 14.3 Å². The van der Waals surface area contributed by atoms with Gasteiger partial charge in [0.2, 0.25) is 11.8 Å². The van der Waals surface area contributed by atoms with Crippen LogP contribution in [-0.2, 0) is 22.7 Å². The summed E-state index contributed by atoms with van der Waals surface area (Å²) in [6.45, 7) is 8.96. The Bertz CT molecular complexity index is 1690. The van der Waals surface area contributed by atoms with Crippen molar-refractivity contribution in [2.75, 3.05) is 43.1 Å². The van der Waals surface area contributed by atoms with E-state index >= 15 is 0 Å². The topological polar surface area (TPSA) is 88.0 Å². The lowest BCUT2D eigenvalue weighted by atomic mass is 9.90. The molecule has 0 fully saturated rings. The number of benzene rings is 2. The lowest BCUT2D eigenvalue weighted by Crippen LogP contribution is -2.47. The number of carbonyl (C=O) groups is 2. The minimum Gasteiger partial charge on any atom is -0.493 e. The summed E-state index contributed by atoms with van der Waals surface area (Å²) in [4.78, 5) is 49.0. The van der Waals surface area contributed by atoms with E-state index in [1.165, 1.54) is 0 Å². The van der Waals surface area contributed by atoms with E-state index in [4.69, 9.17) is 4.74 Å². The molecule has 14 heteroatoms. The first-order chi connectivity index (χ1) is 20.7. The second kappa shape index (κ2) is 19.8. The van der Waals surface area contributed by atoms with Crippen molar-refractivity contribution in [3.63, 3.8) is 0 Å². The van der Waals surface area contributed by atoms with Gasteiger partial charge in [0.05, 0.1) is 18.0 Å². The molecule has 9 nitrogen and oxygen atoms in total. The normalized spacial score (nSPS) is 13.2. The average Bonchev–Trinajstić information content (AvgIpc) is 3.07. The summed E-state index contributed by atoms with van der Waals surface area (Å²) in [5.41, 5.74) is 1.38. The predicted molar refractivity (Wildman–Crippen MR) is 206 cm³/mol. The van der Waals surface area contributed by atoms with Gasteiger partial charge in [0.15, 0.2) is 0 Å². The van der Waals surface area contributed by atoms with E-state index in [2.05, 4.69) is 9.88 Å². The van der Waals surface area contributed by atoms with Crippen LogP contribution in [0.5, 0.6) is 5.75 Å². The van der Waals surface area contributed by atoms with Crippen LogP contribution in [0, 0.1) is 5.41 Å². The molecule has 264 valence electrons. The zero-order chi connectivity index (χ0) is 30.6. The molecule has 2 amide bonds. The van der Waals surface area contributed by atoms with Crippen LogP contribution in [0.4, 0.5) is 11.4 Å². The molecule has 2 aromatic heterocycles. The number of pyridine rings is 2. The molecule has 0 saturated carbocycles. The number of nitrogens with zero attached hydrogens (tertiary/aromatic N) is 5. The average molecular weight is 764 g/mol. The van der Waals surface area contributed by atoms with Gasteiger partial charge in [-0.05, 0) is 74.5 Å². The highest BCUT2D eigenvalue weighted by molar-refractivity contribution is 6.20. The third-order valence-electron chi connectivity index (χ3n) is 8.12. The van der Waals surface area contributed by atoms with Gasteiger partial charge in [-0.15, -0.1) is 62.0 Å². The van der Waals surface area contributed by atoms with Gasteiger partial charge >= 0.3 is 0 Å². The molecule has 0 radical (unpaired) electrons. The SMILES string of the molecule is CCN1C(=O)C(C)(C)C(=O)N(C)c2cc(OCCCN(CCn3ccc4ccccc4c3=O)Cc3ccncc3)ccc21.Cl.Cl.Cl.Cl.Cl. The van der Waals surface area contributed by atoms with Crippen LogP contribution in [0.3, 0.4) is 0 Å². The highest BCUT2D eigenvalue weighted by atomic mass is 35.5. The summed E-state index contributed by atoms with van der Waals surface area (Å²) in [7, 11) is 1.71. The van der Waals surface area contributed by atoms with Crippen molar-refractivity contribution in [2.24, 2.45) is 5.41 Å². The highest BCUT2D eigenvalue weighted by Gasteiger charge is 2.45. The summed E-state index contributed by atoms with van der Waals surface area (Å²) in [5, 5.41) is 1.67. The lowest BCUT2D eigenvalue weighted by molar-refractivity contribution is -0.137. The molecule has 0 unspecified atom stereocenters. The Kier molecular flexibility index (Phi) is 18.6. The van der Waals surface area contributed by atoms with Crippen LogP contribution in [0.1, 0.15) is 32.8 Å². The predicted octanol–water partition coefficient (Wildman–Crippen LogP) is 6.83. The number of aromatic nitrogens is 2. The Labute approximate surface area is 313 Å². The van der Waals surface area contributed by atoms with Crippen LogP contribution >= 0.6 is 62.0 Å². The number of amides is 2. The molecule has 0 bridgehead atoms. The van der Waals surface area contributed by atoms with Crippen LogP contribution in [0.25, 0.3) is 10.8 Å². The summed E-state index contributed by atoms with van der Waals surface area (Å²) in [6.07, 6.45) is 6.21. The first-order valence-electron chi connectivity index (χ1n) is 14.8. The van der Waals surface area contributed by atoms with Crippen LogP contribution in [0.15, 0.2) is 84.0 Å². The zero-order valence-electron chi connectivity index (χ0n) is 27.4. The van der Waals surface area contributed by atoms with E-state index in [9.17, 15) is 14.4 Å². The van der Waals surface area contributed by atoms with Gasteiger partial charge in [-0.1, -0.05) is 18.2 Å². The summed E-state index contributed by atoms with van der Waals surface area (Å²) in [5.74, 6) is 0.189. The van der Waals surface area contributed by atoms with Crippen LogP contribution in [-0.4, -0.2) is 59.6 Å². The van der Waals surface area contributed by atoms with Crippen molar-refractivity contribution in [1.82, 2.24) is 14.5 Å². The van der Waals surface area contributed by atoms with E-state index in [-0.39, 0.29) is 79.4 Å². The minimum atomic E-state index is -1.15. The van der Waals surface area contributed by atoms with Gasteiger partial charge in [-0.2, -0.15) is 0 Å². The number of halogens is 5. The standard InChI is InChI=1S/C34H39N5O4.5ClH/c1-5-39-29-12-11-27(23-30(29)36(4)32(41)34(2,3)33(39)42)43-22-8-18-37(24-25-13-16-35-17-14-25)20-21-38-19-15-26-9-6-7-10-28(26)31(38)40;;;;;/h6-7,9-17,19,23H,5,8,18,20-22,24H2,1-4H3;5*1H. The number of rotatable bonds is 11. The lowest BCUT2D eigenvalue weighted by Gasteiger charge is -2.27. The van der Waals surface area contributed by atoms with Gasteiger partial charge in [-0.25, -0.2) is 0 Å². The van der Waals surface area contributed by atoms with Crippen molar-refractivity contribution >= 4 is 96.0 Å². The van der Waals surface area contributed by atoms with Gasteiger partial charge in [0.1, 0.15) is 11.2 Å². The Hall–Kier alpha value is -3.05. The molecule has 0 spiro atoms. The number of hydrogen-bond donors (Lipinski definition) is 0. The van der Waals surface area contributed by atoms with Gasteiger partial charge in [0, 0.05) is 69.8 Å². The molecular formula is C34H44Cl5N5O4. The molecule has 0 aliphatic carbocycles. The fourth-order valence-corrected chi connectivity index (χ4v) is 5.62. The number of ether oxygens (including phenoxy) is 1. The first-order valence-corrected chi connectivity index (χ1v) is 14.8. The molecule has 0 N–H and O–H groups in total. The summed E-state index contributed by atoms with van der Waals surface area (Å²) >= 11 is 0. The molecule has 5 rings (SSSR count). The third kappa shape index (κ3) is 9.77. The number of hydrogen-bond acceptors (Lipinski definition) is 6. The summed E-state index contributed by atoms with van der Waals surface area (Å²) in [6, 6.07) is 19.2. The maximum atomic E-state index is 13.2. The minimum absolute atomic E-state index is 0. The first kappa shape index (κ1) is 45.0. The third-order valence-corrected chi connectivity index (χ3v) is 8.12. The molecule has 1 aliphatic heterocycles. The molecule has 48 heavy (non-hydrogen) atoms. The monoisotopic (exact) mass is 761 g/mol. The maximum absolute atomic E-state index is 13.2. The fraction of sp³-hybridized carbons (Fsp3) is 0.353. The van der Waals surface area contributed by atoms with Crippen molar-refractivity contribution in [1.29, 1.82) is 0 Å². The Morgan fingerprint density at radius 3 is 2.21 bits per heavy atom. The van der Waals surface area contributed by atoms with E-state index in [0.29, 0.717) is 43.4 Å². The second-order valence-electron chi connectivity index (χ2n) is 11.4. The second-order valence-corrected chi connectivity index (χ2v) is 11.4. The Morgan fingerprint density at radius 1 is 0.833 bits per heavy atom. The van der Waals surface area contributed by atoms with Gasteiger partial charge < -0.3 is 19.1 Å². The quantitative estimate of drug-likeness (QED) is 0.123. The highest BCUT2D eigenvalue weighted by Crippen LogP contribution is 2.40. The molecule has 3 heterocycles. The van der Waals surface area contributed by atoms with E-state index in [1.54, 1.807) is 47.7 Å². The largest absolute Gasteiger partial charge is 0.493 e. The van der Waals surface area contributed by atoms with Crippen molar-refractivity contribution in [3.8, 4) is 5.75 Å². The molecule has 2 aromatic carbocycles. The van der Waals surface area contributed by atoms with Crippen LogP contribution in [0.2, 0.25) is 0 Å². The van der Waals surface area contributed by atoms with Crippen molar-refractivity contribution in [2.45, 2.75) is 40.3 Å². The van der Waals surface area contributed by atoms with Gasteiger partial charge in [0.25, 0.3) is 5.56 Å². The zero-order valence-corrected chi connectivity index (χ0v) is 31.4. The number of anilines is 2. The molecular weight excluding hydrogens is 720 g/mol. The smallest absolute Gasteiger partial charge is 0.258 e. The number of fused-ring (bicyclic) bond motifs is 2. The van der Waals surface area contributed by atoms with Crippen LogP contribution < -0.4 is 20.1 Å². The molecule has 4 aromatic rings. The number of carbonyl (C=O) groups excluding carboxylic acids is 2. The van der Waals surface area contributed by atoms with Gasteiger partial charge in [-0.3, -0.25) is 24.3 Å². The summed E-state index contributed by atoms with van der Waals surface area (Å²) < 4.78 is 7.92. The maximum Gasteiger partial charge on any atom is 0.258 e. The van der Waals surface area contributed by atoms with E-state index < -0.39 is 5.41 Å². The Balaban J connectivity index is 0.00000442. The molecule has 1 aliphatic rings. The van der Waals surface area contributed by atoms with Crippen molar-refractivity contribution in [3.05, 3.63) is 95.2 Å². The molecule has 0 atom stereocenters. The van der Waals surface area contributed by atoms with E-state index in [1.807, 2.05) is 73.8 Å².